The van der Waals surface area contributed by atoms with Crippen LogP contribution in [0.4, 0.5) is 5.69 Å². The standard InChI is InChI=1S/C21H23ClN4O4.C5H9NO3/c1-25(2)19(28)17-10-13(27)11-26(17)21(14-5-4-8-23-18(14)30-3)15-9-12(22)6-7-16(15)24-20(21)29;7-3-1-4(5(8)9)6-2-3/h4-9,13,17,27H,10-11H2,1-3H3,(H,24,29);3-4,6-7H,1-2H2,(H,8,9)/t13-,17+,21?;3-,4+/m11/s1. The molecule has 2 aromatic rings. The number of halogens is 1. The number of anilines is 1. The number of ether oxygens (including phenoxy) is 1. The Hall–Kier alpha value is -3.29. The number of carbonyl (C=O) groups excluding carboxylic acids is 2. The van der Waals surface area contributed by atoms with E-state index >= 15 is 0 Å². The lowest BCUT2D eigenvalue weighted by molar-refractivity contribution is -0.139. The van der Waals surface area contributed by atoms with Gasteiger partial charge in [-0.25, -0.2) is 4.98 Å². The van der Waals surface area contributed by atoms with E-state index in [1.807, 2.05) is 0 Å². The van der Waals surface area contributed by atoms with Crippen molar-refractivity contribution < 1.29 is 34.4 Å². The number of rotatable bonds is 5. The Morgan fingerprint density at radius 2 is 1.92 bits per heavy atom. The van der Waals surface area contributed by atoms with Crippen molar-refractivity contribution >= 4 is 35.1 Å². The van der Waals surface area contributed by atoms with E-state index in [4.69, 9.17) is 26.6 Å². The van der Waals surface area contributed by atoms with Gasteiger partial charge in [0, 0.05) is 61.6 Å². The van der Waals surface area contributed by atoms with Crippen LogP contribution in [0, 0.1) is 0 Å². The molecule has 2 amide bonds. The topological polar surface area (TPSA) is 165 Å². The number of β-amino-alcohol motifs (C(OH)–C–C–N with tert-alkyl or cyclic N) is 2. The first-order chi connectivity index (χ1) is 18.5. The molecule has 0 saturated carbocycles. The number of fused-ring (bicyclic) bond motifs is 1. The Balaban J connectivity index is 0.000000333. The largest absolute Gasteiger partial charge is 0.481 e. The normalized spacial score (nSPS) is 27.8. The molecule has 0 aliphatic carbocycles. The van der Waals surface area contributed by atoms with Crippen molar-refractivity contribution in [3.63, 3.8) is 0 Å². The van der Waals surface area contributed by atoms with Gasteiger partial charge < -0.3 is 35.6 Å². The van der Waals surface area contributed by atoms with Crippen molar-refractivity contribution in [2.45, 2.75) is 42.7 Å². The van der Waals surface area contributed by atoms with E-state index in [1.54, 1.807) is 55.5 Å². The predicted molar refractivity (Wildman–Crippen MR) is 142 cm³/mol. The molecule has 1 aromatic heterocycles. The number of nitrogens with zero attached hydrogens (tertiary/aromatic N) is 3. The zero-order valence-corrected chi connectivity index (χ0v) is 22.6. The van der Waals surface area contributed by atoms with E-state index in [9.17, 15) is 19.5 Å². The average Bonchev–Trinajstić information content (AvgIpc) is 3.59. The Bertz CT molecular complexity index is 1260. The summed E-state index contributed by atoms with van der Waals surface area (Å²) in [7, 11) is 4.79. The molecular weight excluding hydrogens is 530 g/mol. The highest BCUT2D eigenvalue weighted by Gasteiger charge is 2.59. The number of aliphatic hydroxyl groups is 2. The number of carboxylic acids is 1. The van der Waals surface area contributed by atoms with E-state index in [1.165, 1.54) is 12.0 Å². The smallest absolute Gasteiger partial charge is 0.320 e. The van der Waals surface area contributed by atoms with Gasteiger partial charge in [-0.2, -0.15) is 0 Å². The molecule has 2 saturated heterocycles. The number of carboxylic acid groups (broad SMARTS) is 1. The summed E-state index contributed by atoms with van der Waals surface area (Å²) >= 11 is 6.32. The molecule has 5 N–H and O–H groups in total. The van der Waals surface area contributed by atoms with Crippen molar-refractivity contribution in [3.8, 4) is 5.88 Å². The van der Waals surface area contributed by atoms with E-state index in [2.05, 4.69) is 15.6 Å². The van der Waals surface area contributed by atoms with Crippen molar-refractivity contribution in [1.29, 1.82) is 0 Å². The molecule has 210 valence electrons. The maximum absolute atomic E-state index is 13.7. The number of aliphatic carboxylic acids is 1. The van der Waals surface area contributed by atoms with Crippen LogP contribution in [0.5, 0.6) is 5.88 Å². The molecule has 2 fully saturated rings. The van der Waals surface area contributed by atoms with Crippen LogP contribution in [0.25, 0.3) is 0 Å². The highest BCUT2D eigenvalue weighted by Crippen LogP contribution is 2.51. The number of benzene rings is 1. The van der Waals surface area contributed by atoms with E-state index in [-0.39, 0.29) is 30.7 Å². The first kappa shape index (κ1) is 28.7. The van der Waals surface area contributed by atoms with Crippen molar-refractivity contribution in [2.24, 2.45) is 0 Å². The van der Waals surface area contributed by atoms with Gasteiger partial charge in [0.2, 0.25) is 11.8 Å². The van der Waals surface area contributed by atoms with Crippen LogP contribution in [-0.4, -0.2) is 106 Å². The van der Waals surface area contributed by atoms with Crippen LogP contribution in [0.2, 0.25) is 5.02 Å². The molecule has 5 atom stereocenters. The maximum atomic E-state index is 13.7. The zero-order valence-electron chi connectivity index (χ0n) is 21.8. The average molecular weight is 562 g/mol. The molecule has 3 aliphatic heterocycles. The number of aromatic nitrogens is 1. The fourth-order valence-electron chi connectivity index (χ4n) is 5.42. The van der Waals surface area contributed by atoms with E-state index in [0.717, 1.165) is 0 Å². The third kappa shape index (κ3) is 5.30. The Kier molecular flexibility index (Phi) is 8.42. The van der Waals surface area contributed by atoms with Crippen LogP contribution >= 0.6 is 11.6 Å². The highest BCUT2D eigenvalue weighted by molar-refractivity contribution is 6.31. The molecule has 3 aliphatic rings. The molecule has 1 aromatic carbocycles. The number of likely N-dealkylation sites (tertiary alicyclic amines) is 1. The summed E-state index contributed by atoms with van der Waals surface area (Å²) in [5.74, 6) is -1.17. The van der Waals surface area contributed by atoms with Gasteiger partial charge in [0.1, 0.15) is 6.04 Å². The van der Waals surface area contributed by atoms with Crippen LogP contribution in [0.15, 0.2) is 36.5 Å². The maximum Gasteiger partial charge on any atom is 0.320 e. The first-order valence-corrected chi connectivity index (χ1v) is 12.8. The van der Waals surface area contributed by atoms with Crippen LogP contribution < -0.4 is 15.4 Å². The SMILES string of the molecule is COc1ncccc1C1(N2C[C@H](O)C[C@H]2C(=O)N(C)C)C(=O)Nc2ccc(Cl)cc21.O=C(O)[C@@H]1C[C@@H](O)CN1. The molecule has 5 rings (SSSR count). The van der Waals surface area contributed by atoms with Gasteiger partial charge in [-0.3, -0.25) is 19.3 Å². The fraction of sp³-hybridized carbons (Fsp3) is 0.462. The predicted octanol–water partition coefficient (Wildman–Crippen LogP) is 0.257. The molecule has 0 radical (unpaired) electrons. The molecule has 12 nitrogen and oxygen atoms in total. The minimum Gasteiger partial charge on any atom is -0.481 e. The van der Waals surface area contributed by atoms with Gasteiger partial charge >= 0.3 is 5.97 Å². The second kappa shape index (κ2) is 11.4. The number of methoxy groups -OCH3 is 1. The van der Waals surface area contributed by atoms with Gasteiger partial charge in [-0.1, -0.05) is 11.6 Å². The molecule has 0 spiro atoms. The van der Waals surface area contributed by atoms with Gasteiger partial charge in [0.15, 0.2) is 5.54 Å². The third-order valence-electron chi connectivity index (χ3n) is 7.14. The first-order valence-electron chi connectivity index (χ1n) is 12.4. The summed E-state index contributed by atoms with van der Waals surface area (Å²) in [6.45, 7) is 0.526. The highest BCUT2D eigenvalue weighted by atomic mass is 35.5. The molecule has 39 heavy (non-hydrogen) atoms. The monoisotopic (exact) mass is 561 g/mol. The second-order valence-corrected chi connectivity index (χ2v) is 10.3. The number of likely N-dealkylation sites (N-methyl/N-ethyl adjacent to an activating group) is 1. The second-order valence-electron chi connectivity index (χ2n) is 9.89. The van der Waals surface area contributed by atoms with Crippen LogP contribution in [-0.2, 0) is 19.9 Å². The molecular formula is C26H32ClN5O7. The molecule has 0 bridgehead atoms. The number of aliphatic hydroxyl groups excluding tert-OH is 2. The summed E-state index contributed by atoms with van der Waals surface area (Å²) in [6, 6.07) is 7.35. The third-order valence-corrected chi connectivity index (χ3v) is 7.38. The summed E-state index contributed by atoms with van der Waals surface area (Å²) in [5.41, 5.74) is 0.231. The number of carbonyl (C=O) groups is 3. The van der Waals surface area contributed by atoms with E-state index in [0.29, 0.717) is 34.8 Å². The van der Waals surface area contributed by atoms with Crippen molar-refractivity contribution in [1.82, 2.24) is 20.1 Å². The van der Waals surface area contributed by atoms with Gasteiger partial charge in [-0.15, -0.1) is 0 Å². The number of nitrogens with one attached hydrogen (secondary N) is 2. The fourth-order valence-corrected chi connectivity index (χ4v) is 5.59. The van der Waals surface area contributed by atoms with Gasteiger partial charge in [0.25, 0.3) is 5.91 Å². The summed E-state index contributed by atoms with van der Waals surface area (Å²) in [4.78, 5) is 44.4. The summed E-state index contributed by atoms with van der Waals surface area (Å²) in [6.07, 6.45) is 0.865. The molecule has 4 heterocycles. The Morgan fingerprint density at radius 3 is 2.51 bits per heavy atom. The Labute approximate surface area is 230 Å². The summed E-state index contributed by atoms with van der Waals surface area (Å²) < 4.78 is 5.50. The molecule has 1 unspecified atom stereocenters. The van der Waals surface area contributed by atoms with Gasteiger partial charge in [0.05, 0.1) is 25.4 Å². The summed E-state index contributed by atoms with van der Waals surface area (Å²) in [5, 5.41) is 33.7. The van der Waals surface area contributed by atoms with Crippen LogP contribution in [0.3, 0.4) is 0 Å². The number of hydrogen-bond acceptors (Lipinski definition) is 9. The van der Waals surface area contributed by atoms with Crippen molar-refractivity contribution in [2.75, 3.05) is 39.6 Å². The lowest BCUT2D eigenvalue weighted by Gasteiger charge is -2.41. The number of hydrogen-bond donors (Lipinski definition) is 5. The number of pyridine rings is 1. The zero-order chi connectivity index (χ0) is 28.5. The number of amides is 2. The van der Waals surface area contributed by atoms with Crippen molar-refractivity contribution in [3.05, 3.63) is 52.7 Å². The quantitative estimate of drug-likeness (QED) is 0.342. The van der Waals surface area contributed by atoms with Crippen LogP contribution in [0.1, 0.15) is 24.0 Å². The van der Waals surface area contributed by atoms with Gasteiger partial charge in [-0.05, 0) is 36.8 Å². The minimum absolute atomic E-state index is 0.127. The minimum atomic E-state index is -1.44. The van der Waals surface area contributed by atoms with E-state index < -0.39 is 35.8 Å². The lowest BCUT2D eigenvalue weighted by atomic mass is 9.81. The molecule has 13 heteroatoms. The Morgan fingerprint density at radius 1 is 1.18 bits per heavy atom. The lowest BCUT2D eigenvalue weighted by Crippen LogP contribution is -2.57.